The molecule has 15 heavy (non-hydrogen) atoms. The molecule has 2 fully saturated rings. The van der Waals surface area contributed by atoms with E-state index in [0.29, 0.717) is 0 Å². The Hall–Kier alpha value is -1.12. The number of hydrogen-bond donors (Lipinski definition) is 1. The van der Waals surface area contributed by atoms with Crippen LogP contribution in [0.5, 0.6) is 0 Å². The van der Waals surface area contributed by atoms with Crippen LogP contribution in [0.4, 0.5) is 0 Å². The molecule has 0 aromatic rings. The minimum atomic E-state index is -0.916. The summed E-state index contributed by atoms with van der Waals surface area (Å²) >= 11 is 0. The van der Waals surface area contributed by atoms with Gasteiger partial charge in [-0.1, -0.05) is 0 Å². The topological polar surface area (TPSA) is 65.4 Å². The number of likely N-dealkylation sites (tertiary alicyclic amines) is 1. The zero-order chi connectivity index (χ0) is 10.9. The van der Waals surface area contributed by atoms with Gasteiger partial charge in [-0.25, -0.2) is 0 Å². The quantitative estimate of drug-likeness (QED) is 0.656. The standard InChI is InChI=1S/C10H15N3O2/c1-13-3-2-8(4-13)12-9(14)10(5-11)6-15-7-10/h8H,2-4,6-7H2,1H3,(H,12,14). The molecule has 5 nitrogen and oxygen atoms in total. The Kier molecular flexibility index (Phi) is 2.63. The first-order valence-corrected chi connectivity index (χ1v) is 5.15. The molecule has 0 aliphatic carbocycles. The van der Waals surface area contributed by atoms with Crippen LogP contribution < -0.4 is 5.32 Å². The van der Waals surface area contributed by atoms with Gasteiger partial charge in [-0.2, -0.15) is 5.26 Å². The molecule has 0 aromatic carbocycles. The molecule has 2 saturated heterocycles. The van der Waals surface area contributed by atoms with E-state index < -0.39 is 5.41 Å². The second-order valence-corrected chi connectivity index (χ2v) is 4.41. The van der Waals surface area contributed by atoms with Crippen molar-refractivity contribution in [2.24, 2.45) is 5.41 Å². The summed E-state index contributed by atoms with van der Waals surface area (Å²) < 4.78 is 4.94. The average Bonchev–Trinajstić information content (AvgIpc) is 2.50. The molecule has 2 rings (SSSR count). The van der Waals surface area contributed by atoms with Crippen molar-refractivity contribution in [1.29, 1.82) is 5.26 Å². The highest BCUT2D eigenvalue weighted by Gasteiger charge is 2.47. The van der Waals surface area contributed by atoms with Crippen LogP contribution in [0, 0.1) is 16.7 Å². The van der Waals surface area contributed by atoms with E-state index in [0.717, 1.165) is 19.5 Å². The molecular formula is C10H15N3O2. The lowest BCUT2D eigenvalue weighted by atomic mass is 9.86. The summed E-state index contributed by atoms with van der Waals surface area (Å²) in [7, 11) is 2.03. The maximum atomic E-state index is 11.8. The van der Waals surface area contributed by atoms with Gasteiger partial charge < -0.3 is 15.0 Å². The Bertz CT molecular complexity index is 306. The summed E-state index contributed by atoms with van der Waals surface area (Å²) in [6, 6.07) is 2.24. The van der Waals surface area contributed by atoms with Crippen molar-refractivity contribution in [1.82, 2.24) is 10.2 Å². The monoisotopic (exact) mass is 209 g/mol. The number of rotatable bonds is 2. The first kappa shape index (κ1) is 10.4. The number of nitrogens with one attached hydrogen (secondary N) is 1. The van der Waals surface area contributed by atoms with Crippen LogP contribution in [-0.2, 0) is 9.53 Å². The van der Waals surface area contributed by atoms with Crippen LogP contribution in [0.2, 0.25) is 0 Å². The van der Waals surface area contributed by atoms with Gasteiger partial charge >= 0.3 is 0 Å². The predicted molar refractivity (Wildman–Crippen MR) is 52.9 cm³/mol. The zero-order valence-electron chi connectivity index (χ0n) is 8.82. The second-order valence-electron chi connectivity index (χ2n) is 4.41. The molecule has 2 heterocycles. The van der Waals surface area contributed by atoms with Gasteiger partial charge in [0.2, 0.25) is 5.91 Å². The third kappa shape index (κ3) is 1.83. The Morgan fingerprint density at radius 3 is 2.80 bits per heavy atom. The van der Waals surface area contributed by atoms with Crippen molar-refractivity contribution in [3.63, 3.8) is 0 Å². The summed E-state index contributed by atoms with van der Waals surface area (Å²) in [6.45, 7) is 2.34. The molecule has 5 heteroatoms. The normalized spacial score (nSPS) is 29.2. The predicted octanol–water partition coefficient (Wildman–Crippen LogP) is -0.653. The Morgan fingerprint density at radius 2 is 2.40 bits per heavy atom. The SMILES string of the molecule is CN1CCC(NC(=O)C2(C#N)COC2)C1. The van der Waals surface area contributed by atoms with Crippen molar-refractivity contribution in [3.8, 4) is 6.07 Å². The van der Waals surface area contributed by atoms with E-state index in [9.17, 15) is 4.79 Å². The molecule has 0 aromatic heterocycles. The maximum absolute atomic E-state index is 11.8. The van der Waals surface area contributed by atoms with Crippen LogP contribution in [0.3, 0.4) is 0 Å². The average molecular weight is 209 g/mol. The molecule has 2 aliphatic rings. The van der Waals surface area contributed by atoms with Gasteiger partial charge in [-0.05, 0) is 20.0 Å². The highest BCUT2D eigenvalue weighted by molar-refractivity contribution is 5.86. The smallest absolute Gasteiger partial charge is 0.245 e. The molecule has 82 valence electrons. The largest absolute Gasteiger partial charge is 0.377 e. The van der Waals surface area contributed by atoms with Crippen molar-refractivity contribution >= 4 is 5.91 Å². The lowest BCUT2D eigenvalue weighted by Gasteiger charge is -2.34. The van der Waals surface area contributed by atoms with Crippen molar-refractivity contribution in [2.75, 3.05) is 33.4 Å². The van der Waals surface area contributed by atoms with E-state index in [1.165, 1.54) is 0 Å². The number of amides is 1. The Balaban J connectivity index is 1.90. The van der Waals surface area contributed by atoms with E-state index in [-0.39, 0.29) is 25.2 Å². The van der Waals surface area contributed by atoms with Gasteiger partial charge in [0.25, 0.3) is 0 Å². The van der Waals surface area contributed by atoms with Crippen molar-refractivity contribution in [2.45, 2.75) is 12.5 Å². The van der Waals surface area contributed by atoms with Crippen LogP contribution in [0.25, 0.3) is 0 Å². The van der Waals surface area contributed by atoms with E-state index in [4.69, 9.17) is 10.00 Å². The van der Waals surface area contributed by atoms with Gasteiger partial charge in [0.15, 0.2) is 5.41 Å². The lowest BCUT2D eigenvalue weighted by Crippen LogP contribution is -2.55. The fourth-order valence-electron chi connectivity index (χ4n) is 1.93. The molecule has 1 atom stereocenters. The lowest BCUT2D eigenvalue weighted by molar-refractivity contribution is -0.150. The Labute approximate surface area is 89.0 Å². The molecule has 0 bridgehead atoms. The van der Waals surface area contributed by atoms with Crippen LogP contribution >= 0.6 is 0 Å². The first-order valence-electron chi connectivity index (χ1n) is 5.15. The maximum Gasteiger partial charge on any atom is 0.245 e. The van der Waals surface area contributed by atoms with Crippen LogP contribution in [0.1, 0.15) is 6.42 Å². The fourth-order valence-corrected chi connectivity index (χ4v) is 1.93. The Morgan fingerprint density at radius 1 is 1.67 bits per heavy atom. The van der Waals surface area contributed by atoms with E-state index in [1.54, 1.807) is 0 Å². The molecule has 1 amide bonds. The van der Waals surface area contributed by atoms with E-state index in [2.05, 4.69) is 10.2 Å². The fraction of sp³-hybridized carbons (Fsp3) is 0.800. The second kappa shape index (κ2) is 3.80. The number of ether oxygens (including phenoxy) is 1. The summed E-state index contributed by atoms with van der Waals surface area (Å²) in [5, 5.41) is 11.9. The third-order valence-corrected chi connectivity index (χ3v) is 3.07. The summed E-state index contributed by atoms with van der Waals surface area (Å²) in [4.78, 5) is 14.0. The van der Waals surface area contributed by atoms with Gasteiger partial charge in [0, 0.05) is 12.6 Å². The molecule has 0 saturated carbocycles. The minimum absolute atomic E-state index is 0.170. The number of carbonyl (C=O) groups excluding carboxylic acids is 1. The van der Waals surface area contributed by atoms with Gasteiger partial charge in [0.1, 0.15) is 0 Å². The van der Waals surface area contributed by atoms with Gasteiger partial charge in [-0.15, -0.1) is 0 Å². The number of hydrogen-bond acceptors (Lipinski definition) is 4. The number of nitrogens with zero attached hydrogens (tertiary/aromatic N) is 2. The summed E-state index contributed by atoms with van der Waals surface area (Å²) in [5.74, 6) is -0.170. The summed E-state index contributed by atoms with van der Waals surface area (Å²) in [5.41, 5.74) is -0.916. The molecule has 1 N–H and O–H groups in total. The molecular weight excluding hydrogens is 194 g/mol. The van der Waals surface area contributed by atoms with E-state index in [1.807, 2.05) is 13.1 Å². The van der Waals surface area contributed by atoms with Gasteiger partial charge in [0.05, 0.1) is 19.3 Å². The highest BCUT2D eigenvalue weighted by Crippen LogP contribution is 2.27. The minimum Gasteiger partial charge on any atom is -0.377 e. The third-order valence-electron chi connectivity index (χ3n) is 3.07. The van der Waals surface area contributed by atoms with Crippen molar-refractivity contribution in [3.05, 3.63) is 0 Å². The van der Waals surface area contributed by atoms with Crippen LogP contribution in [0.15, 0.2) is 0 Å². The van der Waals surface area contributed by atoms with Crippen molar-refractivity contribution < 1.29 is 9.53 Å². The molecule has 2 aliphatic heterocycles. The number of carbonyl (C=O) groups is 1. The van der Waals surface area contributed by atoms with Crippen LogP contribution in [-0.4, -0.2) is 50.2 Å². The summed E-state index contributed by atoms with van der Waals surface area (Å²) in [6.07, 6.45) is 0.963. The van der Waals surface area contributed by atoms with Gasteiger partial charge in [-0.3, -0.25) is 4.79 Å². The highest BCUT2D eigenvalue weighted by atomic mass is 16.5. The molecule has 0 radical (unpaired) electrons. The molecule has 1 unspecified atom stereocenters. The number of likely N-dealkylation sites (N-methyl/N-ethyl adjacent to an activating group) is 1. The molecule has 0 spiro atoms. The first-order chi connectivity index (χ1) is 7.16. The zero-order valence-corrected chi connectivity index (χ0v) is 8.82. The van der Waals surface area contributed by atoms with E-state index >= 15 is 0 Å². The number of nitriles is 1.